The standard InChI is InChI=1S/C43H80N2O14.Li.H/c1-15-29(17-18-32(46)47)45(13)30-19-24(4)55-40(34(30)48)59-38-25(5)35(58-33-21-42(10,54-14)37(50)28(8)56-33)26(6)39(51)57-31(16-2)43(11,53)36(49)27(7)44(12)22-23(3)20-41(38,9)52;;/h23-31,33-38,40,48-50,52-53H,15-22H2,1-14H3,(H,46,47);;. The SMILES string of the molecule is CCC(CCC(=O)O)N(C)C1CC(C)OC(OC2C(C)C(OC3CC(C)(OC)C(O)C(C)O3)C(C)C(=O)OC(CC)C(C)(O)C(O)C(C)N(C)CC(C)CC2(C)O)C1O.[LiH]. The Bertz CT molecular complexity index is 1350. The summed E-state index contributed by atoms with van der Waals surface area (Å²) in [7, 11) is 5.18. The van der Waals surface area contributed by atoms with Crippen LogP contribution >= 0.6 is 0 Å². The van der Waals surface area contributed by atoms with E-state index in [-0.39, 0.29) is 62.6 Å². The van der Waals surface area contributed by atoms with Gasteiger partial charge in [-0.15, -0.1) is 0 Å². The first kappa shape index (κ1) is 55.2. The van der Waals surface area contributed by atoms with Gasteiger partial charge in [-0.2, -0.15) is 0 Å². The van der Waals surface area contributed by atoms with Gasteiger partial charge in [-0.05, 0) is 101 Å². The van der Waals surface area contributed by atoms with E-state index in [1.165, 1.54) is 14.0 Å². The van der Waals surface area contributed by atoms with Gasteiger partial charge in [0.2, 0.25) is 0 Å². The van der Waals surface area contributed by atoms with Gasteiger partial charge < -0.3 is 64.0 Å². The van der Waals surface area contributed by atoms with Crippen LogP contribution < -0.4 is 0 Å². The summed E-state index contributed by atoms with van der Waals surface area (Å²) in [6.45, 7) is 19.8. The fourth-order valence-electron chi connectivity index (χ4n) is 9.88. The van der Waals surface area contributed by atoms with Crippen LogP contribution in [0.3, 0.4) is 0 Å². The van der Waals surface area contributed by atoms with Crippen LogP contribution in [0.15, 0.2) is 0 Å². The molecule has 60 heavy (non-hydrogen) atoms. The summed E-state index contributed by atoms with van der Waals surface area (Å²) in [6, 6.07) is -1.18. The van der Waals surface area contributed by atoms with Gasteiger partial charge in [0.15, 0.2) is 12.6 Å². The average Bonchev–Trinajstić information content (AvgIpc) is 3.15. The Morgan fingerprint density at radius 2 is 1.60 bits per heavy atom. The van der Waals surface area contributed by atoms with Gasteiger partial charge in [0.25, 0.3) is 0 Å². The van der Waals surface area contributed by atoms with Gasteiger partial charge in [-0.3, -0.25) is 14.5 Å². The van der Waals surface area contributed by atoms with Crippen molar-refractivity contribution in [3.8, 4) is 0 Å². The number of cyclic esters (lactones) is 1. The van der Waals surface area contributed by atoms with Crippen molar-refractivity contribution in [1.82, 2.24) is 9.80 Å². The molecule has 0 saturated carbocycles. The molecular formula is C43H81LiN2O14. The second-order valence-corrected chi connectivity index (χ2v) is 18.9. The van der Waals surface area contributed by atoms with Crippen molar-refractivity contribution in [2.75, 3.05) is 27.7 Å². The number of methoxy groups -OCH3 is 1. The normalized spacial score (nSPS) is 44.9. The molecule has 3 fully saturated rings. The number of carbonyl (C=O) groups is 2. The van der Waals surface area contributed by atoms with Crippen LogP contribution in [-0.4, -0.2) is 195 Å². The Morgan fingerprint density at radius 1 is 0.983 bits per heavy atom. The van der Waals surface area contributed by atoms with E-state index in [1.54, 1.807) is 48.5 Å². The van der Waals surface area contributed by atoms with Gasteiger partial charge in [-0.25, -0.2) is 0 Å². The number of likely N-dealkylation sites (N-methyl/N-ethyl adjacent to an activating group) is 2. The number of rotatable bonds is 12. The molecule has 0 aromatic carbocycles. The molecule has 16 nitrogen and oxygen atoms in total. The Kier molecular flexibility index (Phi) is 21.0. The summed E-state index contributed by atoms with van der Waals surface area (Å²) in [5.41, 5.74) is -4.53. The molecule has 3 heterocycles. The van der Waals surface area contributed by atoms with E-state index >= 15 is 0 Å². The number of esters is 1. The van der Waals surface area contributed by atoms with Crippen LogP contribution in [-0.2, 0) is 38.0 Å². The summed E-state index contributed by atoms with van der Waals surface area (Å²) < 4.78 is 37.9. The molecule has 0 aliphatic carbocycles. The topological polar surface area (TPSA) is 217 Å². The van der Waals surface area contributed by atoms with Crippen LogP contribution in [0.1, 0.15) is 121 Å². The number of aliphatic hydroxyl groups excluding tert-OH is 3. The van der Waals surface area contributed by atoms with Crippen molar-refractivity contribution in [2.24, 2.45) is 17.8 Å². The van der Waals surface area contributed by atoms with Gasteiger partial charge in [-0.1, -0.05) is 27.7 Å². The molecule has 0 radical (unpaired) electrons. The Morgan fingerprint density at radius 3 is 2.15 bits per heavy atom. The van der Waals surface area contributed by atoms with Crippen molar-refractivity contribution in [2.45, 2.75) is 217 Å². The molecule has 19 unspecified atom stereocenters. The first-order valence-electron chi connectivity index (χ1n) is 21.8. The van der Waals surface area contributed by atoms with Crippen molar-refractivity contribution in [1.29, 1.82) is 0 Å². The second kappa shape index (κ2) is 22.8. The molecule has 19 atom stereocenters. The molecule has 3 rings (SSSR count). The van der Waals surface area contributed by atoms with Crippen LogP contribution in [0.5, 0.6) is 0 Å². The number of hydrogen-bond donors (Lipinski definition) is 6. The van der Waals surface area contributed by atoms with Crippen LogP contribution in [0.2, 0.25) is 0 Å². The third-order valence-electron chi connectivity index (χ3n) is 13.8. The molecule has 6 N–H and O–H groups in total. The first-order chi connectivity index (χ1) is 27.3. The number of carboxylic acid groups (broad SMARTS) is 1. The quantitative estimate of drug-likeness (QED) is 0.123. The zero-order chi connectivity index (χ0) is 44.9. The number of aliphatic hydroxyl groups is 5. The fourth-order valence-corrected chi connectivity index (χ4v) is 9.88. The molecule has 3 saturated heterocycles. The van der Waals surface area contributed by atoms with Crippen LogP contribution in [0, 0.1) is 17.8 Å². The van der Waals surface area contributed by atoms with E-state index in [4.69, 9.17) is 28.4 Å². The number of carbonyl (C=O) groups excluding carboxylic acids is 1. The van der Waals surface area contributed by atoms with E-state index < -0.39 is 108 Å². The fraction of sp³-hybridized carbons (Fsp3) is 0.953. The Hall–Kier alpha value is -0.943. The van der Waals surface area contributed by atoms with E-state index in [2.05, 4.69) is 0 Å². The van der Waals surface area contributed by atoms with Crippen LogP contribution in [0.4, 0.5) is 0 Å². The monoisotopic (exact) mass is 857 g/mol. The van der Waals surface area contributed by atoms with E-state index in [0.717, 1.165) is 0 Å². The second-order valence-electron chi connectivity index (χ2n) is 18.9. The maximum absolute atomic E-state index is 14.3. The van der Waals surface area contributed by atoms with E-state index in [9.17, 15) is 40.2 Å². The average molecular weight is 857 g/mol. The molecular weight excluding hydrogens is 775 g/mol. The molecule has 0 spiro atoms. The maximum atomic E-state index is 14.3. The predicted octanol–water partition coefficient (Wildman–Crippen LogP) is 2.27. The zero-order valence-corrected chi connectivity index (χ0v) is 38.2. The minimum absolute atomic E-state index is 0. The van der Waals surface area contributed by atoms with Crippen molar-refractivity contribution in [3.05, 3.63) is 0 Å². The Labute approximate surface area is 371 Å². The molecule has 0 aromatic rings. The molecule has 3 aliphatic rings. The summed E-state index contributed by atoms with van der Waals surface area (Å²) in [6.07, 6.45) is -8.19. The number of nitrogens with zero attached hydrogens (tertiary/aromatic N) is 2. The van der Waals surface area contributed by atoms with Gasteiger partial charge in [0.05, 0.1) is 41.5 Å². The molecule has 0 amide bonds. The van der Waals surface area contributed by atoms with Crippen molar-refractivity contribution in [3.63, 3.8) is 0 Å². The van der Waals surface area contributed by atoms with Gasteiger partial charge >= 0.3 is 30.8 Å². The van der Waals surface area contributed by atoms with Crippen LogP contribution in [0.25, 0.3) is 0 Å². The summed E-state index contributed by atoms with van der Waals surface area (Å²) >= 11 is 0. The van der Waals surface area contributed by atoms with Gasteiger partial charge in [0, 0.05) is 50.5 Å². The first-order valence-corrected chi connectivity index (χ1v) is 21.8. The summed E-state index contributed by atoms with van der Waals surface area (Å²) in [5.74, 6) is -3.71. The summed E-state index contributed by atoms with van der Waals surface area (Å²) in [5, 5.41) is 68.5. The minimum atomic E-state index is -1.84. The van der Waals surface area contributed by atoms with Gasteiger partial charge in [0.1, 0.15) is 30.0 Å². The van der Waals surface area contributed by atoms with E-state index in [1.807, 2.05) is 44.7 Å². The Balaban J connectivity index is 0.0000124. The number of hydrogen-bond acceptors (Lipinski definition) is 15. The number of aliphatic carboxylic acids is 1. The van der Waals surface area contributed by atoms with E-state index in [0.29, 0.717) is 25.8 Å². The molecule has 3 aliphatic heterocycles. The summed E-state index contributed by atoms with van der Waals surface area (Å²) in [4.78, 5) is 29.7. The molecule has 348 valence electrons. The number of carboxylic acids is 1. The number of ether oxygens (including phenoxy) is 6. The van der Waals surface area contributed by atoms with Crippen molar-refractivity contribution >= 4 is 30.8 Å². The predicted molar refractivity (Wildman–Crippen MR) is 226 cm³/mol. The molecule has 0 bridgehead atoms. The third kappa shape index (κ3) is 13.1. The van der Waals surface area contributed by atoms with Crippen molar-refractivity contribution < 1.29 is 68.6 Å². The third-order valence-corrected chi connectivity index (χ3v) is 13.8. The molecule has 17 heteroatoms. The zero-order valence-electron chi connectivity index (χ0n) is 38.2. The molecule has 0 aromatic heterocycles.